The summed E-state index contributed by atoms with van der Waals surface area (Å²) in [4.78, 5) is 36.8. The van der Waals surface area contributed by atoms with Crippen LogP contribution in [0.5, 0.6) is 5.75 Å². The highest BCUT2D eigenvalue weighted by Crippen LogP contribution is 2.27. The van der Waals surface area contributed by atoms with Gasteiger partial charge >= 0.3 is 0 Å². The van der Waals surface area contributed by atoms with E-state index in [1.165, 1.54) is 0 Å². The van der Waals surface area contributed by atoms with E-state index >= 15 is 0 Å². The van der Waals surface area contributed by atoms with E-state index in [0.29, 0.717) is 21.7 Å². The van der Waals surface area contributed by atoms with Gasteiger partial charge < -0.3 is 4.74 Å². The maximum Gasteiger partial charge on any atom is 0.279 e. The van der Waals surface area contributed by atoms with Gasteiger partial charge in [0.15, 0.2) is 6.10 Å². The zero-order valence-corrected chi connectivity index (χ0v) is 17.4. The maximum absolute atomic E-state index is 12.4. The Labute approximate surface area is 177 Å². The highest BCUT2D eigenvalue weighted by atomic mass is 35.5. The topological polar surface area (TPSA) is 115 Å². The lowest BCUT2D eigenvalue weighted by Gasteiger charge is -2.18. The molecule has 3 rings (SSSR count). The third kappa shape index (κ3) is 4.74. The number of aryl methyl sites for hydroxylation is 2. The molecule has 0 spiro atoms. The second-order valence-electron chi connectivity index (χ2n) is 6.74. The first kappa shape index (κ1) is 21.3. The smallest absolute Gasteiger partial charge is 0.279 e. The molecule has 1 atom stereocenters. The number of aromatic nitrogens is 3. The van der Waals surface area contributed by atoms with Crippen molar-refractivity contribution in [3.05, 3.63) is 62.9 Å². The summed E-state index contributed by atoms with van der Waals surface area (Å²) >= 11 is 6.00. The number of ether oxygens (including phenoxy) is 1. The van der Waals surface area contributed by atoms with Gasteiger partial charge in [-0.3, -0.25) is 25.2 Å². The van der Waals surface area contributed by atoms with Crippen LogP contribution in [0.2, 0.25) is 5.02 Å². The molecule has 2 amide bonds. The van der Waals surface area contributed by atoms with Crippen LogP contribution in [0.4, 0.5) is 0 Å². The zero-order chi connectivity index (χ0) is 21.8. The van der Waals surface area contributed by atoms with Gasteiger partial charge in [0, 0.05) is 5.02 Å². The molecule has 0 radical (unpaired) electrons. The van der Waals surface area contributed by atoms with Gasteiger partial charge in [0.2, 0.25) is 0 Å². The quantitative estimate of drug-likeness (QED) is 0.596. The summed E-state index contributed by atoms with van der Waals surface area (Å²) in [5, 5.41) is 8.57. The predicted molar refractivity (Wildman–Crippen MR) is 111 cm³/mol. The van der Waals surface area contributed by atoms with Crippen LogP contribution in [0.15, 0.2) is 41.2 Å². The molecular weight excluding hydrogens is 410 g/mol. The normalized spacial score (nSPS) is 11.7. The van der Waals surface area contributed by atoms with Crippen LogP contribution in [0, 0.1) is 13.8 Å². The number of amides is 2. The van der Waals surface area contributed by atoms with Crippen LogP contribution in [-0.2, 0) is 16.1 Å². The number of rotatable bonds is 5. The minimum Gasteiger partial charge on any atom is -0.480 e. The van der Waals surface area contributed by atoms with Crippen molar-refractivity contribution in [1.82, 2.24) is 25.8 Å². The summed E-state index contributed by atoms with van der Waals surface area (Å²) in [5.41, 5.74) is 6.09. The van der Waals surface area contributed by atoms with E-state index in [0.717, 1.165) is 15.8 Å². The van der Waals surface area contributed by atoms with E-state index in [9.17, 15) is 14.4 Å². The average Bonchev–Trinajstić information content (AvgIpc) is 2.71. The van der Waals surface area contributed by atoms with Crippen molar-refractivity contribution < 1.29 is 14.3 Å². The molecule has 0 aliphatic rings. The molecule has 0 aliphatic carbocycles. The van der Waals surface area contributed by atoms with E-state index in [4.69, 9.17) is 16.3 Å². The Hall–Kier alpha value is -3.46. The first-order valence-electron chi connectivity index (χ1n) is 9.11. The molecular formula is C20H20ClN5O4. The molecule has 0 saturated carbocycles. The number of nitrogens with one attached hydrogen (secondary N) is 2. The van der Waals surface area contributed by atoms with Gasteiger partial charge in [-0.15, -0.1) is 5.10 Å². The van der Waals surface area contributed by atoms with Crippen molar-refractivity contribution in [3.8, 4) is 5.75 Å². The summed E-state index contributed by atoms with van der Waals surface area (Å²) in [7, 11) is 0. The molecule has 9 nitrogen and oxygen atoms in total. The first-order valence-corrected chi connectivity index (χ1v) is 9.48. The minimum absolute atomic E-state index is 0.347. The van der Waals surface area contributed by atoms with Crippen LogP contribution < -0.4 is 21.1 Å². The Morgan fingerprint density at radius 2 is 1.83 bits per heavy atom. The maximum atomic E-state index is 12.4. The van der Waals surface area contributed by atoms with Crippen molar-refractivity contribution in [1.29, 1.82) is 0 Å². The van der Waals surface area contributed by atoms with Crippen LogP contribution in [0.3, 0.4) is 0 Å². The third-order valence-electron chi connectivity index (χ3n) is 4.34. The molecule has 3 aromatic rings. The Kier molecular flexibility index (Phi) is 6.31. The molecule has 1 unspecified atom stereocenters. The summed E-state index contributed by atoms with van der Waals surface area (Å²) in [6, 6.07) is 10.2. The van der Waals surface area contributed by atoms with Gasteiger partial charge in [-0.25, -0.2) is 4.68 Å². The molecule has 30 heavy (non-hydrogen) atoms. The molecule has 1 heterocycles. The number of halogens is 1. The van der Waals surface area contributed by atoms with E-state index in [1.54, 1.807) is 43.3 Å². The highest BCUT2D eigenvalue weighted by molar-refractivity contribution is 6.30. The van der Waals surface area contributed by atoms with Gasteiger partial charge in [-0.1, -0.05) is 28.9 Å². The lowest BCUT2D eigenvalue weighted by molar-refractivity contribution is -0.133. The molecule has 2 N–H and O–H groups in total. The molecule has 0 bridgehead atoms. The molecule has 0 saturated heterocycles. The van der Waals surface area contributed by atoms with Crippen LogP contribution >= 0.6 is 11.6 Å². The number of nitrogens with zero attached hydrogens (tertiary/aromatic N) is 3. The second kappa shape index (κ2) is 8.91. The van der Waals surface area contributed by atoms with Gasteiger partial charge in [0.1, 0.15) is 17.8 Å². The standard InChI is InChI=1S/C20H20ClN5O4/c1-11-8-14(21)9-12(2)18(11)30-13(3)19(28)24-23-17(27)10-26-20(29)15-6-4-5-7-16(15)22-25-26/h4-9,13H,10H2,1-3H3,(H,23,27)(H,24,28). The van der Waals surface area contributed by atoms with E-state index in [2.05, 4.69) is 21.2 Å². The highest BCUT2D eigenvalue weighted by Gasteiger charge is 2.18. The summed E-state index contributed by atoms with van der Waals surface area (Å²) < 4.78 is 6.63. The van der Waals surface area contributed by atoms with E-state index in [1.807, 2.05) is 13.8 Å². The van der Waals surface area contributed by atoms with Crippen LogP contribution in [-0.4, -0.2) is 32.9 Å². The number of hydrogen-bond acceptors (Lipinski definition) is 6. The van der Waals surface area contributed by atoms with Crippen molar-refractivity contribution in [3.63, 3.8) is 0 Å². The molecule has 156 valence electrons. The SMILES string of the molecule is Cc1cc(Cl)cc(C)c1OC(C)C(=O)NNC(=O)Cn1nnc2ccccc2c1=O. The number of benzene rings is 2. The van der Waals surface area contributed by atoms with Crippen LogP contribution in [0.1, 0.15) is 18.1 Å². The monoisotopic (exact) mass is 429 g/mol. The fourth-order valence-corrected chi connectivity index (χ4v) is 3.18. The zero-order valence-electron chi connectivity index (χ0n) is 16.6. The fourth-order valence-electron chi connectivity index (χ4n) is 2.85. The van der Waals surface area contributed by atoms with Crippen molar-refractivity contribution >= 4 is 34.3 Å². The molecule has 0 aliphatic heterocycles. The fraction of sp³-hybridized carbons (Fsp3) is 0.250. The Balaban J connectivity index is 1.59. The van der Waals surface area contributed by atoms with E-state index < -0.39 is 30.0 Å². The van der Waals surface area contributed by atoms with Gasteiger partial charge in [-0.05, 0) is 56.2 Å². The summed E-state index contributed by atoms with van der Waals surface area (Å²) in [5.74, 6) is -0.651. The van der Waals surface area contributed by atoms with Gasteiger partial charge in [-0.2, -0.15) is 0 Å². The predicted octanol–water partition coefficient (Wildman–Crippen LogP) is 1.68. The summed E-state index contributed by atoms with van der Waals surface area (Å²) in [6.45, 7) is 4.79. The second-order valence-corrected chi connectivity index (χ2v) is 7.17. The Morgan fingerprint density at radius 3 is 2.53 bits per heavy atom. The van der Waals surface area contributed by atoms with Gasteiger partial charge in [0.05, 0.1) is 5.39 Å². The van der Waals surface area contributed by atoms with Crippen molar-refractivity contribution in [2.75, 3.05) is 0 Å². The third-order valence-corrected chi connectivity index (χ3v) is 4.55. The largest absolute Gasteiger partial charge is 0.480 e. The summed E-state index contributed by atoms with van der Waals surface area (Å²) in [6.07, 6.45) is -0.882. The number of fused-ring (bicyclic) bond motifs is 1. The number of hydrogen-bond donors (Lipinski definition) is 2. The lowest BCUT2D eigenvalue weighted by atomic mass is 10.1. The van der Waals surface area contributed by atoms with Crippen molar-refractivity contribution in [2.24, 2.45) is 0 Å². The average molecular weight is 430 g/mol. The van der Waals surface area contributed by atoms with E-state index in [-0.39, 0.29) is 0 Å². The minimum atomic E-state index is -0.882. The number of carbonyl (C=O) groups excluding carboxylic acids is 2. The Bertz CT molecular complexity index is 1150. The lowest BCUT2D eigenvalue weighted by Crippen LogP contribution is -2.49. The Morgan fingerprint density at radius 1 is 1.17 bits per heavy atom. The molecule has 0 fully saturated rings. The van der Waals surface area contributed by atoms with Crippen LogP contribution in [0.25, 0.3) is 10.9 Å². The molecule has 10 heteroatoms. The van der Waals surface area contributed by atoms with Gasteiger partial charge in [0.25, 0.3) is 17.4 Å². The number of carbonyl (C=O) groups is 2. The molecule has 1 aromatic heterocycles. The first-order chi connectivity index (χ1) is 14.3. The van der Waals surface area contributed by atoms with Crippen molar-refractivity contribution in [2.45, 2.75) is 33.4 Å². The number of hydrazine groups is 1. The molecule has 2 aromatic carbocycles.